The average Bonchev–Trinajstić information content (AvgIpc) is 3.75. The lowest BCUT2D eigenvalue weighted by Crippen LogP contribution is -2.29. The zero-order valence-electron chi connectivity index (χ0n) is 27.9. The van der Waals surface area contributed by atoms with Crippen LogP contribution in [0.2, 0.25) is 0 Å². The minimum absolute atomic E-state index is 0.00674. The fourth-order valence-electron chi connectivity index (χ4n) is 4.82. The summed E-state index contributed by atoms with van der Waals surface area (Å²) in [6, 6.07) is 12.2. The van der Waals surface area contributed by atoms with Crippen LogP contribution < -0.4 is 27.0 Å². The summed E-state index contributed by atoms with van der Waals surface area (Å²) in [5, 5.41) is 11.0. The molecule has 4 amide bonds. The summed E-state index contributed by atoms with van der Waals surface area (Å²) in [5.74, 6) is -1.12. The van der Waals surface area contributed by atoms with Crippen LogP contribution in [0.25, 0.3) is 6.08 Å². The number of hydrogen-bond acceptors (Lipinski definition) is 7. The second-order valence-corrected chi connectivity index (χ2v) is 13.6. The highest BCUT2D eigenvalue weighted by Crippen LogP contribution is 2.20. The van der Waals surface area contributed by atoms with Gasteiger partial charge in [-0.25, -0.2) is 8.42 Å². The van der Waals surface area contributed by atoms with Crippen molar-refractivity contribution in [2.75, 3.05) is 41.2 Å². The summed E-state index contributed by atoms with van der Waals surface area (Å²) in [5.41, 5.74) is 7.88. The molecule has 0 aliphatic rings. The number of hydrogen-bond donors (Lipinski definition) is 5. The Kier molecular flexibility index (Phi) is 12.1. The number of nitrogens with zero attached hydrogens (tertiary/aromatic N) is 4. The first-order valence-corrected chi connectivity index (χ1v) is 17.4. The zero-order valence-corrected chi connectivity index (χ0v) is 29.4. The van der Waals surface area contributed by atoms with Gasteiger partial charge in [0.25, 0.3) is 17.7 Å². The van der Waals surface area contributed by atoms with Gasteiger partial charge in [-0.05, 0) is 48.0 Å². The quantitative estimate of drug-likeness (QED) is 0.0569. The summed E-state index contributed by atoms with van der Waals surface area (Å²) < 4.78 is 28.9. The molecule has 0 unspecified atom stereocenters. The van der Waals surface area contributed by atoms with E-state index in [-0.39, 0.29) is 33.8 Å². The van der Waals surface area contributed by atoms with Crippen LogP contribution in [0.1, 0.15) is 43.4 Å². The minimum Gasteiger partial charge on any atom is -0.387 e. The zero-order chi connectivity index (χ0) is 36.6. The third-order valence-corrected chi connectivity index (χ3v) is 9.71. The number of alkyl halides is 1. The Labute approximate surface area is 294 Å². The van der Waals surface area contributed by atoms with E-state index in [0.29, 0.717) is 47.3 Å². The Bertz CT molecular complexity index is 2080. The van der Waals surface area contributed by atoms with E-state index >= 15 is 0 Å². The molecule has 0 saturated heterocycles. The number of rotatable bonds is 14. The second-order valence-electron chi connectivity index (χ2n) is 11.1. The monoisotopic (exact) mass is 723 g/mol. The van der Waals surface area contributed by atoms with Crippen molar-refractivity contribution in [3.8, 4) is 0 Å². The molecule has 264 valence electrons. The van der Waals surface area contributed by atoms with Crippen LogP contribution in [-0.2, 0) is 35.8 Å². The van der Waals surface area contributed by atoms with Gasteiger partial charge in [0.2, 0.25) is 5.91 Å². The highest BCUT2D eigenvalue weighted by Gasteiger charge is 2.19. The van der Waals surface area contributed by atoms with E-state index in [1.54, 1.807) is 80.1 Å². The van der Waals surface area contributed by atoms with Crippen molar-refractivity contribution in [2.24, 2.45) is 31.9 Å². The molecule has 0 aliphatic carbocycles. The van der Waals surface area contributed by atoms with Gasteiger partial charge in [-0.3, -0.25) is 24.2 Å². The SMILES string of the molecule is CN=C(N)CCNC(=O)c1cc(NC(=O)c2cc(NC(=O)c3ccc(NC(=O)/C=C/c4ccc(S(=O)(=O)CCCl)cc4)n3C)cn2C)cn1C. The van der Waals surface area contributed by atoms with Crippen LogP contribution in [0, 0.1) is 0 Å². The molecule has 0 aliphatic heterocycles. The number of sulfone groups is 1. The van der Waals surface area contributed by atoms with Crippen LogP contribution in [0.4, 0.5) is 17.2 Å². The van der Waals surface area contributed by atoms with E-state index < -0.39 is 27.6 Å². The van der Waals surface area contributed by atoms with E-state index in [4.69, 9.17) is 17.3 Å². The third kappa shape index (κ3) is 9.29. The molecule has 0 radical (unpaired) electrons. The summed E-state index contributed by atoms with van der Waals surface area (Å²) in [6.45, 7) is 0.313. The molecule has 6 N–H and O–H groups in total. The Balaban J connectivity index is 1.34. The number of benzene rings is 1. The Morgan fingerprint density at radius 3 is 2.00 bits per heavy atom. The average molecular weight is 724 g/mol. The number of carbonyl (C=O) groups excluding carboxylic acids is 4. The van der Waals surface area contributed by atoms with Crippen molar-refractivity contribution in [1.82, 2.24) is 19.0 Å². The van der Waals surface area contributed by atoms with Gasteiger partial charge >= 0.3 is 0 Å². The number of aliphatic imine (C=N–C) groups is 1. The van der Waals surface area contributed by atoms with Gasteiger partial charge in [-0.1, -0.05) is 12.1 Å². The number of nitrogens with two attached hydrogens (primary N) is 1. The Morgan fingerprint density at radius 2 is 1.42 bits per heavy atom. The molecule has 3 aromatic heterocycles. The van der Waals surface area contributed by atoms with Crippen molar-refractivity contribution in [3.05, 3.63) is 89.6 Å². The van der Waals surface area contributed by atoms with Crippen molar-refractivity contribution in [3.63, 3.8) is 0 Å². The molecular formula is C33H38ClN9O6S. The molecule has 0 bridgehead atoms. The number of amides is 4. The van der Waals surface area contributed by atoms with Gasteiger partial charge in [-0.2, -0.15) is 0 Å². The fraction of sp³-hybridized carbons (Fsp3) is 0.242. The number of halogens is 1. The third-order valence-electron chi connectivity index (χ3n) is 7.56. The lowest BCUT2D eigenvalue weighted by Gasteiger charge is -2.08. The highest BCUT2D eigenvalue weighted by molar-refractivity contribution is 7.91. The maximum Gasteiger partial charge on any atom is 0.272 e. The van der Waals surface area contributed by atoms with Crippen molar-refractivity contribution in [1.29, 1.82) is 0 Å². The topological polar surface area (TPSA) is 204 Å². The van der Waals surface area contributed by atoms with Gasteiger partial charge in [0, 0.05) is 65.5 Å². The van der Waals surface area contributed by atoms with Crippen LogP contribution in [0.5, 0.6) is 0 Å². The van der Waals surface area contributed by atoms with Crippen molar-refractivity contribution in [2.45, 2.75) is 11.3 Å². The molecular weight excluding hydrogens is 686 g/mol. The number of anilines is 3. The maximum atomic E-state index is 13.1. The molecule has 4 rings (SSSR count). The van der Waals surface area contributed by atoms with Crippen molar-refractivity contribution < 1.29 is 27.6 Å². The number of aryl methyl sites for hydroxylation is 2. The van der Waals surface area contributed by atoms with Crippen LogP contribution in [0.3, 0.4) is 0 Å². The molecule has 17 heteroatoms. The standard InChI is InChI=1S/C33H38ClN9O6S/c1-36-28(35)13-15-37-31(45)26-17-22(19-41(26)2)39-33(47)27-18-23(20-42(27)3)38-32(46)25-10-11-29(43(25)4)40-30(44)12-7-21-5-8-24(9-6-21)50(48,49)16-14-34/h5-12,17-20H,13-16H2,1-4H3,(H2,35,36)(H,37,45)(H,38,46)(H,39,47)(H,40,44)/b12-7+. The molecule has 4 aromatic rings. The molecule has 0 atom stereocenters. The van der Waals surface area contributed by atoms with Crippen molar-refractivity contribution >= 4 is 74.2 Å². The van der Waals surface area contributed by atoms with Gasteiger partial charge in [0.15, 0.2) is 9.84 Å². The first-order valence-electron chi connectivity index (χ1n) is 15.2. The van der Waals surface area contributed by atoms with E-state index in [1.807, 2.05) is 0 Å². The number of carbonyl (C=O) groups is 4. The maximum absolute atomic E-state index is 13.1. The van der Waals surface area contributed by atoms with Gasteiger partial charge in [0.1, 0.15) is 22.9 Å². The minimum atomic E-state index is -3.46. The van der Waals surface area contributed by atoms with Crippen LogP contribution in [0.15, 0.2) is 76.9 Å². The second kappa shape index (κ2) is 16.2. The van der Waals surface area contributed by atoms with Gasteiger partial charge in [-0.15, -0.1) is 11.6 Å². The predicted octanol–water partition coefficient (Wildman–Crippen LogP) is 2.98. The van der Waals surface area contributed by atoms with E-state index in [1.165, 1.54) is 34.9 Å². The number of nitrogens with one attached hydrogen (secondary N) is 4. The molecule has 0 spiro atoms. The van der Waals surface area contributed by atoms with E-state index in [9.17, 15) is 27.6 Å². The Morgan fingerprint density at radius 1 is 0.840 bits per heavy atom. The summed E-state index contributed by atoms with van der Waals surface area (Å²) in [6.07, 6.45) is 6.42. The van der Waals surface area contributed by atoms with E-state index in [0.717, 1.165) is 0 Å². The summed E-state index contributed by atoms with van der Waals surface area (Å²) >= 11 is 5.57. The number of aromatic nitrogens is 3. The molecule has 50 heavy (non-hydrogen) atoms. The molecule has 1 aromatic carbocycles. The fourth-order valence-corrected chi connectivity index (χ4v) is 6.42. The molecule has 0 saturated carbocycles. The van der Waals surface area contributed by atoms with Gasteiger partial charge in [0.05, 0.1) is 27.9 Å². The molecule has 0 fully saturated rings. The lowest BCUT2D eigenvalue weighted by molar-refractivity contribution is -0.111. The van der Waals surface area contributed by atoms with E-state index in [2.05, 4.69) is 26.3 Å². The number of amidine groups is 1. The first kappa shape index (κ1) is 37.2. The van der Waals surface area contributed by atoms with Crippen LogP contribution >= 0.6 is 11.6 Å². The largest absolute Gasteiger partial charge is 0.387 e. The summed E-state index contributed by atoms with van der Waals surface area (Å²) in [7, 11) is 3.06. The predicted molar refractivity (Wildman–Crippen MR) is 194 cm³/mol. The van der Waals surface area contributed by atoms with Gasteiger partial charge < -0.3 is 40.7 Å². The normalized spacial score (nSPS) is 11.8. The first-order chi connectivity index (χ1) is 23.7. The van der Waals surface area contributed by atoms with Crippen LogP contribution in [-0.4, -0.2) is 76.8 Å². The smallest absolute Gasteiger partial charge is 0.272 e. The Hall–Kier alpha value is -5.61. The summed E-state index contributed by atoms with van der Waals surface area (Å²) in [4.78, 5) is 55.4. The highest BCUT2D eigenvalue weighted by atomic mass is 35.5. The molecule has 3 heterocycles. The molecule has 15 nitrogen and oxygen atoms in total. The lowest BCUT2D eigenvalue weighted by atomic mass is 10.2.